The molecule has 122 heavy (non-hydrogen) atoms. The number of hydrogen-bond donors (Lipinski definition) is 4. The molecule has 34 nitrogen and oxygen atoms in total. The van der Waals surface area contributed by atoms with Gasteiger partial charge < -0.3 is 100 Å². The molecule has 0 aliphatic carbocycles. The highest BCUT2D eigenvalue weighted by Gasteiger charge is 2.20. The zero-order valence-electron chi connectivity index (χ0n) is 81.7. The number of anilines is 1. The van der Waals surface area contributed by atoms with Crippen LogP contribution in [0, 0.1) is 0 Å². The van der Waals surface area contributed by atoms with Crippen molar-refractivity contribution in [2.45, 2.75) is 154 Å². The van der Waals surface area contributed by atoms with E-state index in [1.165, 1.54) is 111 Å². The third-order valence-corrected chi connectivity index (χ3v) is 23.3. The molecule has 0 aromatic carbocycles. The van der Waals surface area contributed by atoms with Crippen LogP contribution in [0.2, 0.25) is 0 Å². The van der Waals surface area contributed by atoms with Gasteiger partial charge in [-0.3, -0.25) is 44.6 Å². The Labute approximate surface area is 750 Å². The standard InChI is InChI=1S/C8H17N3.C8H15N2.2C7H15N3.C7H14N2O.C7H14N2S.C7H16N2.C7H14N2.C6H13N3.C6H12N2O.C6H12N2S.C5H11N3.C5H9N3/c1-4-10(2)8-9-6-5-7-11(8)3;1-3-10(2)8-6-4-5-7-9-8;1-4-9(2)7-8-5-6-10(7)3;1-3-10(2)7-8-5-4-6-9-7;2*1-3-9(2)7-8-5-4-6-10-7;1-3-9-6-4-8(2)5-7-9;1-3-9(2)7-5-4-6-8-7;1-3-9(2)6-7-4-5-8-6;2*1-3-8(2)6-7-4-5-9-6;1-2-8-4-3-7-5(8)6;1-2-8-4-3-5(6)7-8/h4-7H2,1-3H3;2-7H2,1H3;4-6H2,1-3H3;3-6H2,1-2H3,(H,8,9);2*3-6H2,1-2H3;3-7H2,1-2H3;3-6H2,1-2H3;3-5H2,1-2H3,(H,7,8);2*3-5H2,1-2H3;2-4H2,1H3,(H2,6,7);3-4H,2H2,1H3,(H2,6,7)/q;+1;;;;;;;;;;;. The maximum absolute atomic E-state index is 5.47. The topological polar surface area (TPSA) is 297 Å². The number of nitrogens with one attached hydrogen (secondary N) is 2. The Hall–Kier alpha value is -7.73. The molecule has 36 heteroatoms. The fraction of sp³-hybridized carbons (Fsp3) is 0.826. The van der Waals surface area contributed by atoms with Crippen molar-refractivity contribution in [3.63, 3.8) is 0 Å². The van der Waals surface area contributed by atoms with Gasteiger partial charge in [-0.15, -0.1) is 0 Å². The van der Waals surface area contributed by atoms with Gasteiger partial charge in [-0.1, -0.05) is 35.4 Å². The minimum Gasteiger partial charge on any atom is -0.465 e. The van der Waals surface area contributed by atoms with Crippen molar-refractivity contribution in [3.8, 4) is 0 Å². The molecule has 1 fully saturated rings. The van der Waals surface area contributed by atoms with E-state index >= 15 is 0 Å². The van der Waals surface area contributed by atoms with E-state index in [-0.39, 0.29) is 0 Å². The van der Waals surface area contributed by atoms with Gasteiger partial charge in [-0.25, -0.2) is 14.6 Å². The summed E-state index contributed by atoms with van der Waals surface area (Å²) in [5, 5.41) is 12.8. The molecule has 704 valence electrons. The Balaban J connectivity index is 0.000000661. The van der Waals surface area contributed by atoms with Crippen LogP contribution in [0.25, 0.3) is 0 Å². The summed E-state index contributed by atoms with van der Waals surface area (Å²) < 4.78 is 14.3. The van der Waals surface area contributed by atoms with Crippen LogP contribution in [-0.2, 0) is 16.0 Å². The lowest BCUT2D eigenvalue weighted by Gasteiger charge is -2.31. The molecule has 0 radical (unpaired) electrons. The van der Waals surface area contributed by atoms with Crippen molar-refractivity contribution >= 4 is 99.9 Å². The number of piperazine rings is 1. The molecule has 13 heterocycles. The normalized spacial score (nSPS) is 17.8. The van der Waals surface area contributed by atoms with Crippen molar-refractivity contribution in [2.75, 3.05) is 324 Å². The minimum atomic E-state index is 0.590. The molecular formula is C86H177N32O2S2+. The summed E-state index contributed by atoms with van der Waals surface area (Å²) in [5.74, 6) is 10.5. The first-order chi connectivity index (χ1) is 58.7. The molecule has 0 saturated carbocycles. The Bertz CT molecular complexity index is 3030. The van der Waals surface area contributed by atoms with Gasteiger partial charge >= 0.3 is 0 Å². The van der Waals surface area contributed by atoms with E-state index in [1.54, 1.807) is 10.7 Å². The second-order valence-corrected chi connectivity index (χ2v) is 32.4. The first-order valence-corrected chi connectivity index (χ1v) is 47.8. The van der Waals surface area contributed by atoms with Gasteiger partial charge in [0, 0.05) is 272 Å². The van der Waals surface area contributed by atoms with Crippen molar-refractivity contribution in [1.82, 2.24) is 89.0 Å². The van der Waals surface area contributed by atoms with Gasteiger partial charge in [0.05, 0.1) is 64.8 Å². The summed E-state index contributed by atoms with van der Waals surface area (Å²) in [6, 6.07) is 3.37. The molecule has 1 saturated heterocycles. The number of aryl methyl sites for hydroxylation is 1. The summed E-state index contributed by atoms with van der Waals surface area (Å²) in [5.41, 5.74) is 10.8. The number of aromatic nitrogens is 2. The molecule has 1 aromatic rings. The van der Waals surface area contributed by atoms with Crippen LogP contribution >= 0.6 is 23.5 Å². The fourth-order valence-electron chi connectivity index (χ4n) is 11.7. The van der Waals surface area contributed by atoms with Crippen molar-refractivity contribution < 1.29 is 14.0 Å². The van der Waals surface area contributed by atoms with Gasteiger partial charge in [-0.05, 0) is 141 Å². The number of amidine groups is 6. The maximum Gasteiger partial charge on any atom is 0.291 e. The third-order valence-electron chi connectivity index (χ3n) is 21.0. The number of likely N-dealkylation sites (N-methyl/N-ethyl adjacent to an activating group) is 4. The quantitative estimate of drug-likeness (QED) is 0.111. The minimum absolute atomic E-state index is 0.590. The van der Waals surface area contributed by atoms with Crippen LogP contribution in [0.5, 0.6) is 0 Å². The predicted molar refractivity (Wildman–Crippen MR) is 531 cm³/mol. The molecular weight excluding hydrogens is 1580 g/mol. The van der Waals surface area contributed by atoms with Crippen LogP contribution in [0.3, 0.4) is 0 Å². The molecule has 0 amide bonds. The summed E-state index contributed by atoms with van der Waals surface area (Å²) >= 11 is 3.72. The van der Waals surface area contributed by atoms with Crippen LogP contribution in [-0.4, -0.2) is 472 Å². The first-order valence-electron chi connectivity index (χ1n) is 45.8. The lowest BCUT2D eigenvalue weighted by molar-refractivity contribution is -0.397. The van der Waals surface area contributed by atoms with Crippen molar-refractivity contribution in [2.24, 2.45) is 60.7 Å². The number of nitrogens with two attached hydrogens (primary N) is 2. The number of nitrogens with zero attached hydrogens (tertiary/aromatic N) is 28. The second-order valence-electron chi connectivity index (χ2n) is 30.2. The lowest BCUT2D eigenvalue weighted by atomic mass is 10.2. The molecule has 0 unspecified atom stereocenters. The van der Waals surface area contributed by atoms with Gasteiger partial charge in [0.25, 0.3) is 17.9 Å². The predicted octanol–water partition coefficient (Wildman–Crippen LogP) is 7.37. The zero-order valence-corrected chi connectivity index (χ0v) is 83.3. The van der Waals surface area contributed by atoms with Gasteiger partial charge in [0.2, 0.25) is 0 Å². The number of aliphatic imine (C=N–C) groups is 11. The van der Waals surface area contributed by atoms with Crippen LogP contribution < -0.4 is 22.1 Å². The van der Waals surface area contributed by atoms with E-state index in [0.717, 1.165) is 245 Å². The highest BCUT2D eigenvalue weighted by molar-refractivity contribution is 8.14. The van der Waals surface area contributed by atoms with Crippen LogP contribution in [0.1, 0.15) is 148 Å². The van der Waals surface area contributed by atoms with Crippen molar-refractivity contribution in [1.29, 1.82) is 0 Å². The average Bonchev–Trinajstić information content (AvgIpc) is 1.30. The fourth-order valence-corrected chi connectivity index (χ4v) is 13.6. The molecule has 0 bridgehead atoms. The maximum atomic E-state index is 5.47. The Kier molecular flexibility index (Phi) is 64.9. The third kappa shape index (κ3) is 49.1. The summed E-state index contributed by atoms with van der Waals surface area (Å²) in [6.07, 6.45) is 12.6. The largest absolute Gasteiger partial charge is 0.465 e. The Morgan fingerprint density at radius 1 is 0.418 bits per heavy atom. The first kappa shape index (κ1) is 112. The average molecular weight is 1760 g/mol. The zero-order chi connectivity index (χ0) is 90.8. The number of thioether (sulfide) groups is 2. The van der Waals surface area contributed by atoms with E-state index in [2.05, 4.69) is 283 Å². The molecule has 12 aliphatic heterocycles. The smallest absolute Gasteiger partial charge is 0.291 e. The van der Waals surface area contributed by atoms with Gasteiger partial charge in [0.15, 0.2) is 40.1 Å². The number of ether oxygens (including phenoxy) is 2. The van der Waals surface area contributed by atoms with Crippen LogP contribution in [0.4, 0.5) is 5.82 Å². The molecule has 12 aliphatic rings. The highest BCUT2D eigenvalue weighted by atomic mass is 32.2. The highest BCUT2D eigenvalue weighted by Crippen LogP contribution is 2.16. The number of guanidine groups is 5. The molecule has 1 aromatic heterocycles. The van der Waals surface area contributed by atoms with E-state index < -0.39 is 0 Å². The van der Waals surface area contributed by atoms with Gasteiger partial charge in [-0.2, -0.15) is 5.10 Å². The summed E-state index contributed by atoms with van der Waals surface area (Å²) in [4.78, 5) is 77.7. The lowest BCUT2D eigenvalue weighted by Crippen LogP contribution is -2.44. The van der Waals surface area contributed by atoms with E-state index in [0.29, 0.717) is 11.8 Å². The summed E-state index contributed by atoms with van der Waals surface area (Å²) in [7, 11) is 24.9. The molecule has 6 N–H and O–H groups in total. The SMILES string of the molecule is C=[N+](CC)C1=NCCCC1.CCN(C)C1=NCCC1.CCN(C)C1=NCCCN1.CCN(C)C1=NCCCN1C.CCN(C)C1=NCCCO1.CCN(C)C1=NCCCS1.CCN(C)C1=NCCN1.CCN(C)C1=NCCN1C.CCN(C)C1=NCCO1.CCN(C)C1=NCCS1.CCN1CCN(C)CC1.CCN1CCN=C1N.CCn1ccc(N)n1. The molecule has 0 spiro atoms. The molecule has 13 rings (SSSR count). The van der Waals surface area contributed by atoms with Gasteiger partial charge in [0.1, 0.15) is 19.0 Å². The summed E-state index contributed by atoms with van der Waals surface area (Å²) in [6.45, 7) is 67.1. The van der Waals surface area contributed by atoms with Crippen LogP contribution in [0.15, 0.2) is 67.2 Å². The van der Waals surface area contributed by atoms with E-state index in [4.69, 9.17) is 20.9 Å². The number of hydrogen-bond acceptors (Lipinski definition) is 34. The second kappa shape index (κ2) is 70.5. The molecule has 0 atom stereocenters. The Morgan fingerprint density at radius 2 is 0.926 bits per heavy atom. The van der Waals surface area contributed by atoms with E-state index in [1.807, 2.05) is 72.2 Å². The monoisotopic (exact) mass is 1750 g/mol. The van der Waals surface area contributed by atoms with Crippen molar-refractivity contribution in [3.05, 3.63) is 12.3 Å². The number of nitrogen functional groups attached to an aromatic ring is 1. The number of rotatable bonds is 13. The Morgan fingerprint density at radius 3 is 1.30 bits per heavy atom. The van der Waals surface area contributed by atoms with E-state index in [9.17, 15) is 0 Å².